The Morgan fingerprint density at radius 3 is 2.61 bits per heavy atom. The Morgan fingerprint density at radius 2 is 2.06 bits per heavy atom. The van der Waals surface area contributed by atoms with Crippen LogP contribution < -0.4 is 11.1 Å². The standard InChI is InChI=1S/C11H11F3N4/c1-6-16-9(15)10(17-6)18-8-4-2-3-7(5-8)11(12,13)14/h2-5,18H,15H2,1H3,(H,16,17). The fourth-order valence-electron chi connectivity index (χ4n) is 1.52. The summed E-state index contributed by atoms with van der Waals surface area (Å²) >= 11 is 0. The number of benzene rings is 1. The number of H-pyrrole nitrogens is 1. The van der Waals surface area contributed by atoms with Crippen molar-refractivity contribution in [3.05, 3.63) is 35.7 Å². The lowest BCUT2D eigenvalue weighted by molar-refractivity contribution is -0.137. The summed E-state index contributed by atoms with van der Waals surface area (Å²) in [5.74, 6) is 1.18. The molecule has 0 spiro atoms. The first-order valence-corrected chi connectivity index (χ1v) is 5.12. The number of hydrogen-bond acceptors (Lipinski definition) is 3. The molecule has 0 saturated heterocycles. The Kier molecular flexibility index (Phi) is 2.90. The van der Waals surface area contributed by atoms with Crippen molar-refractivity contribution >= 4 is 17.3 Å². The number of nitrogens with zero attached hydrogens (tertiary/aromatic N) is 1. The molecular weight excluding hydrogens is 245 g/mol. The van der Waals surface area contributed by atoms with E-state index in [1.807, 2.05) is 0 Å². The molecule has 96 valence electrons. The maximum absolute atomic E-state index is 12.5. The highest BCUT2D eigenvalue weighted by Crippen LogP contribution is 2.31. The van der Waals surface area contributed by atoms with E-state index in [0.717, 1.165) is 12.1 Å². The topological polar surface area (TPSA) is 66.7 Å². The number of imidazole rings is 1. The lowest BCUT2D eigenvalue weighted by atomic mass is 10.2. The van der Waals surface area contributed by atoms with E-state index < -0.39 is 11.7 Å². The van der Waals surface area contributed by atoms with Crippen LogP contribution in [0.15, 0.2) is 24.3 Å². The van der Waals surface area contributed by atoms with E-state index in [4.69, 9.17) is 5.73 Å². The van der Waals surface area contributed by atoms with Crippen LogP contribution in [0.1, 0.15) is 11.4 Å². The van der Waals surface area contributed by atoms with Crippen molar-refractivity contribution in [1.82, 2.24) is 9.97 Å². The Bertz CT molecular complexity index is 560. The first-order chi connectivity index (χ1) is 8.36. The van der Waals surface area contributed by atoms with Gasteiger partial charge in [-0.05, 0) is 25.1 Å². The lowest BCUT2D eigenvalue weighted by Crippen LogP contribution is -2.05. The predicted molar refractivity (Wildman–Crippen MR) is 62.5 cm³/mol. The average Bonchev–Trinajstić information content (AvgIpc) is 2.56. The van der Waals surface area contributed by atoms with Gasteiger partial charge in [0.25, 0.3) is 0 Å². The summed E-state index contributed by atoms with van der Waals surface area (Å²) in [4.78, 5) is 6.78. The molecule has 0 saturated carbocycles. The van der Waals surface area contributed by atoms with Crippen LogP contribution in [0.2, 0.25) is 0 Å². The molecule has 0 atom stereocenters. The number of nitrogens with two attached hydrogens (primary N) is 1. The number of aromatic nitrogens is 2. The van der Waals surface area contributed by atoms with Crippen LogP contribution >= 0.6 is 0 Å². The molecule has 0 fully saturated rings. The van der Waals surface area contributed by atoms with E-state index >= 15 is 0 Å². The first-order valence-electron chi connectivity index (χ1n) is 5.12. The van der Waals surface area contributed by atoms with E-state index in [9.17, 15) is 13.2 Å². The largest absolute Gasteiger partial charge is 0.416 e. The second-order valence-electron chi connectivity index (χ2n) is 3.79. The predicted octanol–water partition coefficient (Wildman–Crippen LogP) is 3.06. The second-order valence-corrected chi connectivity index (χ2v) is 3.79. The molecule has 4 N–H and O–H groups in total. The number of alkyl halides is 3. The van der Waals surface area contributed by atoms with Gasteiger partial charge in [0.15, 0.2) is 5.82 Å². The quantitative estimate of drug-likeness (QED) is 0.773. The van der Waals surface area contributed by atoms with Gasteiger partial charge < -0.3 is 16.0 Å². The molecule has 0 aliphatic rings. The third-order valence-corrected chi connectivity index (χ3v) is 2.30. The third-order valence-electron chi connectivity index (χ3n) is 2.30. The fraction of sp³-hybridized carbons (Fsp3) is 0.182. The van der Waals surface area contributed by atoms with Crippen LogP contribution in [0, 0.1) is 6.92 Å². The zero-order valence-electron chi connectivity index (χ0n) is 9.47. The van der Waals surface area contributed by atoms with Gasteiger partial charge >= 0.3 is 6.18 Å². The normalized spacial score (nSPS) is 11.6. The number of aryl methyl sites for hydroxylation is 1. The van der Waals surface area contributed by atoms with Crippen molar-refractivity contribution in [2.45, 2.75) is 13.1 Å². The molecule has 4 nitrogen and oxygen atoms in total. The molecule has 0 aliphatic carbocycles. The van der Waals surface area contributed by atoms with Crippen LogP contribution in [0.25, 0.3) is 0 Å². The summed E-state index contributed by atoms with van der Waals surface area (Å²) in [6.45, 7) is 1.70. The lowest BCUT2D eigenvalue weighted by Gasteiger charge is -2.09. The molecular formula is C11H11F3N4. The number of hydrogen-bond donors (Lipinski definition) is 3. The molecule has 0 unspecified atom stereocenters. The summed E-state index contributed by atoms with van der Waals surface area (Å²) in [5.41, 5.74) is 5.17. The molecule has 1 aromatic heterocycles. The molecule has 1 aromatic carbocycles. The van der Waals surface area contributed by atoms with E-state index in [1.165, 1.54) is 12.1 Å². The van der Waals surface area contributed by atoms with Crippen LogP contribution in [0.3, 0.4) is 0 Å². The number of rotatable bonds is 2. The number of halogens is 3. The summed E-state index contributed by atoms with van der Waals surface area (Å²) in [7, 11) is 0. The highest BCUT2D eigenvalue weighted by molar-refractivity contribution is 5.66. The molecule has 1 heterocycles. The molecule has 2 rings (SSSR count). The average molecular weight is 256 g/mol. The minimum absolute atomic E-state index is 0.281. The van der Waals surface area contributed by atoms with Crippen LogP contribution in [0.5, 0.6) is 0 Å². The third kappa shape index (κ3) is 2.55. The summed E-state index contributed by atoms with van der Waals surface area (Å²) in [6.07, 6.45) is -4.37. The van der Waals surface area contributed by atoms with Crippen molar-refractivity contribution in [2.24, 2.45) is 0 Å². The van der Waals surface area contributed by atoms with Crippen molar-refractivity contribution < 1.29 is 13.2 Å². The zero-order chi connectivity index (χ0) is 13.3. The Hall–Kier alpha value is -2.18. The smallest absolute Gasteiger partial charge is 0.382 e. The van der Waals surface area contributed by atoms with Gasteiger partial charge in [0.1, 0.15) is 11.6 Å². The van der Waals surface area contributed by atoms with Crippen molar-refractivity contribution in [1.29, 1.82) is 0 Å². The highest BCUT2D eigenvalue weighted by Gasteiger charge is 2.30. The zero-order valence-corrected chi connectivity index (χ0v) is 9.47. The van der Waals surface area contributed by atoms with Crippen LogP contribution in [0.4, 0.5) is 30.5 Å². The molecule has 0 aliphatic heterocycles. The molecule has 0 radical (unpaired) electrons. The highest BCUT2D eigenvalue weighted by atomic mass is 19.4. The summed E-state index contributed by atoms with van der Waals surface area (Å²) in [5, 5.41) is 2.74. The molecule has 2 aromatic rings. The molecule has 0 amide bonds. The number of aromatic amines is 1. The Labute approximate surface area is 101 Å². The van der Waals surface area contributed by atoms with E-state index in [1.54, 1.807) is 6.92 Å². The number of nitrogens with one attached hydrogen (secondary N) is 2. The maximum Gasteiger partial charge on any atom is 0.416 e. The number of nitrogen functional groups attached to an aromatic ring is 1. The van der Waals surface area contributed by atoms with Gasteiger partial charge in [0.2, 0.25) is 0 Å². The van der Waals surface area contributed by atoms with E-state index in [-0.39, 0.29) is 11.5 Å². The van der Waals surface area contributed by atoms with Gasteiger partial charge in [-0.2, -0.15) is 13.2 Å². The molecule has 7 heteroatoms. The van der Waals surface area contributed by atoms with Crippen LogP contribution in [-0.4, -0.2) is 9.97 Å². The van der Waals surface area contributed by atoms with Gasteiger partial charge in [-0.3, -0.25) is 0 Å². The minimum Gasteiger partial charge on any atom is -0.382 e. The fourth-order valence-corrected chi connectivity index (χ4v) is 1.52. The van der Waals surface area contributed by atoms with E-state index in [2.05, 4.69) is 15.3 Å². The summed E-state index contributed by atoms with van der Waals surface area (Å²) in [6, 6.07) is 4.84. The first kappa shape index (κ1) is 12.3. The van der Waals surface area contributed by atoms with Gasteiger partial charge in [-0.15, -0.1) is 0 Å². The molecule has 18 heavy (non-hydrogen) atoms. The summed E-state index contributed by atoms with van der Waals surface area (Å²) < 4.78 is 37.5. The molecule has 0 bridgehead atoms. The van der Waals surface area contributed by atoms with E-state index in [0.29, 0.717) is 11.6 Å². The Balaban J connectivity index is 2.27. The van der Waals surface area contributed by atoms with Gasteiger partial charge in [-0.1, -0.05) is 6.07 Å². The Morgan fingerprint density at radius 1 is 1.33 bits per heavy atom. The SMILES string of the molecule is Cc1nc(Nc2cccc(C(F)(F)F)c2)c(N)[nH]1. The van der Waals surface area contributed by atoms with Gasteiger partial charge in [-0.25, -0.2) is 4.98 Å². The number of anilines is 3. The van der Waals surface area contributed by atoms with Crippen LogP contribution in [-0.2, 0) is 6.18 Å². The van der Waals surface area contributed by atoms with Crippen molar-refractivity contribution in [3.8, 4) is 0 Å². The maximum atomic E-state index is 12.5. The minimum atomic E-state index is -4.37. The second kappa shape index (κ2) is 4.25. The van der Waals surface area contributed by atoms with Crippen molar-refractivity contribution in [2.75, 3.05) is 11.1 Å². The van der Waals surface area contributed by atoms with Crippen molar-refractivity contribution in [3.63, 3.8) is 0 Å². The van der Waals surface area contributed by atoms with Gasteiger partial charge in [0.05, 0.1) is 5.56 Å². The van der Waals surface area contributed by atoms with Gasteiger partial charge in [0, 0.05) is 5.69 Å². The monoisotopic (exact) mass is 256 g/mol.